The lowest BCUT2D eigenvalue weighted by atomic mass is 9.92. The Labute approximate surface area is 163 Å². The zero-order valence-electron chi connectivity index (χ0n) is 15.1. The van der Waals surface area contributed by atoms with E-state index in [0.29, 0.717) is 34.2 Å². The third-order valence-corrected chi connectivity index (χ3v) is 4.82. The molecule has 0 spiro atoms. The average molecular weight is 391 g/mol. The average Bonchev–Trinajstić information content (AvgIpc) is 3.22. The van der Waals surface area contributed by atoms with E-state index in [9.17, 15) is 9.18 Å². The van der Waals surface area contributed by atoms with Gasteiger partial charge in [-0.25, -0.2) is 9.49 Å². The number of anilines is 2. The van der Waals surface area contributed by atoms with E-state index < -0.39 is 11.6 Å². The largest absolute Gasteiger partial charge is 0.497 e. The molecule has 4 aromatic rings. The zero-order chi connectivity index (χ0) is 20.0. The SMILES string of the molecule is COc1ccc(C2c3c(-c4ccc(F)cc4)n[nH]c(=O)c3Nc3nnnn32)cc1. The van der Waals surface area contributed by atoms with E-state index in [0.717, 1.165) is 5.56 Å². The van der Waals surface area contributed by atoms with E-state index in [4.69, 9.17) is 4.74 Å². The Balaban J connectivity index is 1.78. The monoisotopic (exact) mass is 391 g/mol. The summed E-state index contributed by atoms with van der Waals surface area (Å²) in [6, 6.07) is 12.8. The van der Waals surface area contributed by atoms with Crippen LogP contribution in [0.25, 0.3) is 11.3 Å². The molecule has 2 aromatic carbocycles. The topological polar surface area (TPSA) is 111 Å². The molecule has 3 heterocycles. The second-order valence-electron chi connectivity index (χ2n) is 6.44. The maximum atomic E-state index is 13.4. The number of H-pyrrole nitrogens is 1. The van der Waals surface area contributed by atoms with Gasteiger partial charge < -0.3 is 10.1 Å². The van der Waals surface area contributed by atoms with Crippen molar-refractivity contribution in [3.05, 3.63) is 75.8 Å². The number of nitrogens with zero attached hydrogens (tertiary/aromatic N) is 5. The normalized spacial score (nSPS) is 14.6. The molecule has 10 heteroatoms. The summed E-state index contributed by atoms with van der Waals surface area (Å²) in [5.74, 6) is 0.669. The van der Waals surface area contributed by atoms with Crippen LogP contribution in [0.2, 0.25) is 0 Å². The van der Waals surface area contributed by atoms with Gasteiger partial charge in [0.15, 0.2) is 0 Å². The molecule has 0 saturated heterocycles. The molecule has 0 aliphatic carbocycles. The Morgan fingerprint density at radius 3 is 2.59 bits per heavy atom. The number of hydrogen-bond acceptors (Lipinski definition) is 7. The number of rotatable bonds is 3. The molecule has 2 aromatic heterocycles. The number of methoxy groups -OCH3 is 1. The van der Waals surface area contributed by atoms with Crippen molar-refractivity contribution in [2.45, 2.75) is 6.04 Å². The van der Waals surface area contributed by atoms with Crippen LogP contribution in [0.1, 0.15) is 17.2 Å². The molecule has 0 amide bonds. The minimum Gasteiger partial charge on any atom is -0.497 e. The van der Waals surface area contributed by atoms with Crippen molar-refractivity contribution in [1.29, 1.82) is 0 Å². The van der Waals surface area contributed by atoms with Gasteiger partial charge in [0.1, 0.15) is 23.3 Å². The minimum absolute atomic E-state index is 0.294. The summed E-state index contributed by atoms with van der Waals surface area (Å²) in [5, 5.41) is 21.5. The highest BCUT2D eigenvalue weighted by atomic mass is 19.1. The van der Waals surface area contributed by atoms with Gasteiger partial charge in [0, 0.05) is 11.1 Å². The number of fused-ring (bicyclic) bond motifs is 2. The second-order valence-corrected chi connectivity index (χ2v) is 6.44. The third-order valence-electron chi connectivity index (χ3n) is 4.82. The van der Waals surface area contributed by atoms with Gasteiger partial charge in [-0.15, -0.1) is 0 Å². The number of hydrogen-bond donors (Lipinski definition) is 2. The van der Waals surface area contributed by atoms with Crippen LogP contribution in [-0.4, -0.2) is 37.5 Å². The molecule has 1 aliphatic rings. The Bertz CT molecular complexity index is 1250. The first kappa shape index (κ1) is 17.0. The van der Waals surface area contributed by atoms with Crippen molar-refractivity contribution >= 4 is 11.6 Å². The number of benzene rings is 2. The molecule has 29 heavy (non-hydrogen) atoms. The summed E-state index contributed by atoms with van der Waals surface area (Å²) in [6.07, 6.45) is 0. The van der Waals surface area contributed by atoms with Gasteiger partial charge in [-0.3, -0.25) is 4.79 Å². The van der Waals surface area contributed by atoms with E-state index in [1.807, 2.05) is 24.3 Å². The molecule has 9 nitrogen and oxygen atoms in total. The van der Waals surface area contributed by atoms with Crippen molar-refractivity contribution < 1.29 is 9.13 Å². The molecular weight excluding hydrogens is 377 g/mol. The van der Waals surface area contributed by atoms with Gasteiger partial charge in [-0.1, -0.05) is 17.2 Å². The van der Waals surface area contributed by atoms with Crippen LogP contribution in [-0.2, 0) is 0 Å². The Kier molecular flexibility index (Phi) is 3.83. The number of ether oxygens (including phenoxy) is 1. The van der Waals surface area contributed by atoms with Crippen LogP contribution in [0.15, 0.2) is 53.3 Å². The summed E-state index contributed by atoms with van der Waals surface area (Å²) in [7, 11) is 1.59. The summed E-state index contributed by atoms with van der Waals surface area (Å²) < 4.78 is 20.3. The van der Waals surface area contributed by atoms with Crippen molar-refractivity contribution in [3.63, 3.8) is 0 Å². The lowest BCUT2D eigenvalue weighted by Crippen LogP contribution is -2.29. The van der Waals surface area contributed by atoms with Gasteiger partial charge >= 0.3 is 0 Å². The molecule has 5 rings (SSSR count). The van der Waals surface area contributed by atoms with Crippen molar-refractivity contribution in [2.24, 2.45) is 0 Å². The molecule has 2 N–H and O–H groups in total. The van der Waals surface area contributed by atoms with Crippen LogP contribution in [0.4, 0.5) is 16.0 Å². The fourth-order valence-electron chi connectivity index (χ4n) is 3.46. The van der Waals surface area contributed by atoms with Gasteiger partial charge in [0.2, 0.25) is 5.95 Å². The quantitative estimate of drug-likeness (QED) is 0.485. The molecule has 0 bridgehead atoms. The summed E-state index contributed by atoms with van der Waals surface area (Å²) in [6.45, 7) is 0. The molecule has 0 fully saturated rings. The maximum absolute atomic E-state index is 13.4. The molecule has 0 saturated carbocycles. The Hall–Kier alpha value is -4.08. The molecule has 144 valence electrons. The maximum Gasteiger partial charge on any atom is 0.288 e. The van der Waals surface area contributed by atoms with Crippen LogP contribution in [0.3, 0.4) is 0 Å². The molecule has 1 aliphatic heterocycles. The summed E-state index contributed by atoms with van der Waals surface area (Å²) >= 11 is 0. The number of tetrazole rings is 1. The minimum atomic E-state index is -0.517. The van der Waals surface area contributed by atoms with Gasteiger partial charge in [0.05, 0.1) is 12.8 Å². The fourth-order valence-corrected chi connectivity index (χ4v) is 3.46. The lowest BCUT2D eigenvalue weighted by molar-refractivity contribution is 0.414. The summed E-state index contributed by atoms with van der Waals surface area (Å²) in [5.41, 5.74) is 2.45. The number of halogens is 1. The third kappa shape index (κ3) is 2.73. The van der Waals surface area contributed by atoms with Gasteiger partial charge in [0.25, 0.3) is 5.56 Å². The van der Waals surface area contributed by atoms with E-state index in [1.54, 1.807) is 23.9 Å². The molecule has 0 radical (unpaired) electrons. The van der Waals surface area contributed by atoms with Crippen molar-refractivity contribution in [3.8, 4) is 17.0 Å². The number of aromatic amines is 1. The van der Waals surface area contributed by atoms with Gasteiger partial charge in [-0.2, -0.15) is 9.78 Å². The van der Waals surface area contributed by atoms with Crippen molar-refractivity contribution in [2.75, 3.05) is 12.4 Å². The second kappa shape index (κ2) is 6.51. The highest BCUT2D eigenvalue weighted by Gasteiger charge is 2.34. The molecule has 1 atom stereocenters. The van der Waals surface area contributed by atoms with E-state index >= 15 is 0 Å². The summed E-state index contributed by atoms with van der Waals surface area (Å²) in [4.78, 5) is 12.6. The van der Waals surface area contributed by atoms with Crippen LogP contribution >= 0.6 is 0 Å². The van der Waals surface area contributed by atoms with E-state index in [-0.39, 0.29) is 5.82 Å². The van der Waals surface area contributed by atoms with Crippen LogP contribution in [0, 0.1) is 5.82 Å². The predicted octanol–water partition coefficient (Wildman–Crippen LogP) is 2.27. The Morgan fingerprint density at radius 2 is 1.86 bits per heavy atom. The fraction of sp³-hybridized carbons (Fsp3) is 0.105. The Morgan fingerprint density at radius 1 is 1.10 bits per heavy atom. The first-order valence-corrected chi connectivity index (χ1v) is 8.73. The van der Waals surface area contributed by atoms with Crippen LogP contribution < -0.4 is 15.6 Å². The van der Waals surface area contributed by atoms with E-state index in [2.05, 4.69) is 31.0 Å². The highest BCUT2D eigenvalue weighted by molar-refractivity contribution is 5.75. The standard InChI is InChI=1S/C19H14FN7O2/c1-29-13-8-4-11(5-9-13)17-14-15(10-2-6-12(20)7-3-10)22-23-18(28)16(14)21-19-24-25-26-27(17)19/h2-9,17H,1H3,(H,23,28)(H,21,24,26). The first-order chi connectivity index (χ1) is 14.2. The van der Waals surface area contributed by atoms with E-state index in [1.165, 1.54) is 12.1 Å². The highest BCUT2D eigenvalue weighted by Crippen LogP contribution is 2.41. The molecule has 1 unspecified atom stereocenters. The number of aromatic nitrogens is 6. The molecular formula is C19H14FN7O2. The zero-order valence-corrected chi connectivity index (χ0v) is 15.1. The predicted molar refractivity (Wildman–Crippen MR) is 102 cm³/mol. The van der Waals surface area contributed by atoms with Gasteiger partial charge in [-0.05, 0) is 52.4 Å². The smallest absolute Gasteiger partial charge is 0.288 e. The number of nitrogens with one attached hydrogen (secondary N) is 2. The first-order valence-electron chi connectivity index (χ1n) is 8.73. The lowest BCUT2D eigenvalue weighted by Gasteiger charge is -2.27. The van der Waals surface area contributed by atoms with Crippen LogP contribution in [0.5, 0.6) is 5.75 Å². The van der Waals surface area contributed by atoms with Crippen molar-refractivity contribution in [1.82, 2.24) is 30.4 Å².